The molecule has 0 spiro atoms. The van der Waals surface area contributed by atoms with Gasteiger partial charge in [0, 0.05) is 72.3 Å². The van der Waals surface area contributed by atoms with Crippen molar-refractivity contribution in [3.8, 4) is 22.5 Å². The second kappa shape index (κ2) is 15.3. The number of aromatic nitrogens is 3. The number of nitrogens with zero attached hydrogens (tertiary/aromatic N) is 5. The van der Waals surface area contributed by atoms with E-state index in [0.717, 1.165) is 57.6 Å². The molecule has 0 unspecified atom stereocenters. The van der Waals surface area contributed by atoms with Gasteiger partial charge in [0.15, 0.2) is 5.54 Å². The predicted octanol–water partition coefficient (Wildman–Crippen LogP) is 6.21. The van der Waals surface area contributed by atoms with Gasteiger partial charge in [-0.3, -0.25) is 19.6 Å². The number of pyridine rings is 1. The maximum absolute atomic E-state index is 14.3. The van der Waals surface area contributed by atoms with E-state index in [-0.39, 0.29) is 50.3 Å². The molecule has 7 rings (SSSR count). The molecule has 13 nitrogen and oxygen atoms in total. The standard InChI is InChI=1S/C41H53N7O6S/c1-8-46-33-13-12-27-18-29(33)30(36(46)28-11-9-15-42-35(28)26(4)53-7)20-40(5,6)22-54-23-41(38(50)51)14-10-16-47(45-41)37(49)31(19-34-43-32(27)21-55-34)44-39(52)48-24(2)17-25(48)3/h9,11-13,15,18,21,24-26,31,45H,8,10,14,16-17,19-20,22-23H2,1-7H3,(H,44,52)(H,50,51)/t24-,25-,26-,31-,41-/m0/s1. The van der Waals surface area contributed by atoms with E-state index in [1.807, 2.05) is 32.2 Å². The van der Waals surface area contributed by atoms with Gasteiger partial charge in [-0.05, 0) is 88.6 Å². The van der Waals surface area contributed by atoms with Crippen LogP contribution in [-0.2, 0) is 38.4 Å². The molecule has 0 radical (unpaired) electrons. The monoisotopic (exact) mass is 771 g/mol. The molecule has 6 bridgehead atoms. The van der Waals surface area contributed by atoms with Gasteiger partial charge >= 0.3 is 12.0 Å². The van der Waals surface area contributed by atoms with Crippen molar-refractivity contribution in [2.24, 2.45) is 5.41 Å². The number of amides is 3. The Hall–Kier alpha value is -4.37. The molecule has 4 aromatic rings. The fourth-order valence-corrected chi connectivity index (χ4v) is 9.47. The summed E-state index contributed by atoms with van der Waals surface area (Å²) in [7, 11) is 1.69. The van der Waals surface area contributed by atoms with Gasteiger partial charge < -0.3 is 29.4 Å². The smallest absolute Gasteiger partial charge is 0.328 e. The summed E-state index contributed by atoms with van der Waals surface area (Å²) in [5.74, 6) is -1.50. The van der Waals surface area contributed by atoms with Gasteiger partial charge in [-0.15, -0.1) is 11.3 Å². The van der Waals surface area contributed by atoms with Gasteiger partial charge in [-0.25, -0.2) is 15.2 Å². The van der Waals surface area contributed by atoms with Crippen molar-refractivity contribution in [1.82, 2.24) is 35.2 Å². The molecule has 0 saturated carbocycles. The summed E-state index contributed by atoms with van der Waals surface area (Å²) in [6.07, 6.45) is 3.96. The number of benzene rings is 1. The molecule has 0 aliphatic carbocycles. The summed E-state index contributed by atoms with van der Waals surface area (Å²) < 4.78 is 14.5. The highest BCUT2D eigenvalue weighted by Crippen LogP contribution is 2.42. The first-order chi connectivity index (χ1) is 26.3. The molecule has 294 valence electrons. The Balaban J connectivity index is 1.36. The normalized spacial score (nSPS) is 24.9. The highest BCUT2D eigenvalue weighted by molar-refractivity contribution is 7.10. The van der Waals surface area contributed by atoms with Crippen molar-refractivity contribution in [3.63, 3.8) is 0 Å². The first-order valence-electron chi connectivity index (χ1n) is 19.3. The molecule has 6 heterocycles. The molecule has 55 heavy (non-hydrogen) atoms. The van der Waals surface area contributed by atoms with E-state index < -0.39 is 28.9 Å². The number of hydrogen-bond acceptors (Lipinski definition) is 9. The molecule has 5 atom stereocenters. The minimum Gasteiger partial charge on any atom is -0.480 e. The van der Waals surface area contributed by atoms with Crippen molar-refractivity contribution in [2.45, 2.75) is 110 Å². The van der Waals surface area contributed by atoms with Crippen molar-refractivity contribution in [1.29, 1.82) is 0 Å². The summed E-state index contributed by atoms with van der Waals surface area (Å²) in [6, 6.07) is 9.33. The molecule has 3 N–H and O–H groups in total. The minimum atomic E-state index is -1.53. The van der Waals surface area contributed by atoms with E-state index in [1.165, 1.54) is 16.3 Å². The average Bonchev–Trinajstić information content (AvgIpc) is 3.75. The first-order valence-corrected chi connectivity index (χ1v) is 20.2. The van der Waals surface area contributed by atoms with Crippen LogP contribution in [0.1, 0.15) is 83.2 Å². The maximum Gasteiger partial charge on any atom is 0.328 e. The number of methoxy groups -OCH3 is 1. The summed E-state index contributed by atoms with van der Waals surface area (Å²) in [5, 5.41) is 18.8. The molecular formula is C41H53N7O6S. The summed E-state index contributed by atoms with van der Waals surface area (Å²) in [6.45, 7) is 13.5. The number of fused-ring (bicyclic) bond motifs is 6. The van der Waals surface area contributed by atoms with Gasteiger partial charge in [0.1, 0.15) is 6.04 Å². The number of aliphatic carboxylic acids is 1. The van der Waals surface area contributed by atoms with Gasteiger partial charge in [-0.2, -0.15) is 0 Å². The van der Waals surface area contributed by atoms with Gasteiger partial charge in [0.2, 0.25) is 0 Å². The number of carbonyl (C=O) groups excluding carboxylic acids is 2. The zero-order valence-electron chi connectivity index (χ0n) is 32.8. The Bertz CT molecular complexity index is 2090. The molecule has 3 aliphatic rings. The zero-order valence-corrected chi connectivity index (χ0v) is 33.7. The quantitative estimate of drug-likeness (QED) is 0.208. The van der Waals surface area contributed by atoms with Crippen LogP contribution in [0.2, 0.25) is 0 Å². The van der Waals surface area contributed by atoms with E-state index in [1.54, 1.807) is 18.2 Å². The van der Waals surface area contributed by atoms with E-state index in [2.05, 4.69) is 60.3 Å². The van der Waals surface area contributed by atoms with Crippen LogP contribution in [0.3, 0.4) is 0 Å². The number of likely N-dealkylation sites (tertiary alicyclic amines) is 1. The summed E-state index contributed by atoms with van der Waals surface area (Å²) >= 11 is 1.44. The number of carboxylic acids is 1. The lowest BCUT2D eigenvalue weighted by Crippen LogP contribution is -2.69. The highest BCUT2D eigenvalue weighted by atomic mass is 32.1. The summed E-state index contributed by atoms with van der Waals surface area (Å²) in [4.78, 5) is 52.5. The first kappa shape index (κ1) is 38.9. The Morgan fingerprint density at radius 3 is 2.69 bits per heavy atom. The number of hydrazine groups is 1. The van der Waals surface area contributed by atoms with Crippen molar-refractivity contribution < 1.29 is 29.0 Å². The topological polar surface area (TPSA) is 151 Å². The minimum absolute atomic E-state index is 0.0565. The fourth-order valence-electron chi connectivity index (χ4n) is 8.62. The number of nitrogens with one attached hydrogen (secondary N) is 2. The lowest BCUT2D eigenvalue weighted by molar-refractivity contribution is -0.160. The molecule has 1 aromatic carbocycles. The van der Waals surface area contributed by atoms with E-state index in [4.69, 9.17) is 19.4 Å². The Labute approximate surface area is 326 Å². The molecule has 14 heteroatoms. The van der Waals surface area contributed by atoms with Crippen LogP contribution in [0.15, 0.2) is 41.9 Å². The lowest BCUT2D eigenvalue weighted by atomic mass is 9.84. The lowest BCUT2D eigenvalue weighted by Gasteiger charge is -2.46. The number of hydrogen-bond donors (Lipinski definition) is 3. The van der Waals surface area contributed by atoms with Crippen LogP contribution in [0.25, 0.3) is 33.4 Å². The Morgan fingerprint density at radius 1 is 1.20 bits per heavy atom. The molecule has 2 saturated heterocycles. The molecule has 3 aromatic heterocycles. The number of urea groups is 1. The van der Waals surface area contributed by atoms with E-state index >= 15 is 0 Å². The molecule has 3 aliphatic heterocycles. The Morgan fingerprint density at radius 2 is 1.98 bits per heavy atom. The third-order valence-corrected chi connectivity index (χ3v) is 12.4. The van der Waals surface area contributed by atoms with Crippen LogP contribution in [0.5, 0.6) is 0 Å². The number of ether oxygens (including phenoxy) is 2. The van der Waals surface area contributed by atoms with Crippen LogP contribution >= 0.6 is 11.3 Å². The average molecular weight is 772 g/mol. The Kier molecular flexibility index (Phi) is 10.8. The van der Waals surface area contributed by atoms with E-state index in [9.17, 15) is 19.5 Å². The number of carboxylic acid groups (broad SMARTS) is 1. The fraction of sp³-hybridized carbons (Fsp3) is 0.537. The van der Waals surface area contributed by atoms with Crippen molar-refractivity contribution >= 4 is 40.1 Å². The van der Waals surface area contributed by atoms with Crippen LogP contribution in [0, 0.1) is 5.41 Å². The number of aryl methyl sites for hydroxylation is 1. The van der Waals surface area contributed by atoms with Crippen LogP contribution in [0.4, 0.5) is 4.79 Å². The largest absolute Gasteiger partial charge is 0.480 e. The van der Waals surface area contributed by atoms with Gasteiger partial charge in [0.05, 0.1) is 41.4 Å². The number of rotatable bonds is 6. The SMILES string of the molecule is CCn1c(-c2cccnc2[C@H](C)OC)c2c3cc(ccc31)-c1csc(n1)C[C@H](NC(=O)N1[C@@H](C)C[C@@H]1C)C(=O)N1CCC[C@@](C(=O)O)(COCC(C)(C)C2)N1. The second-order valence-electron chi connectivity index (χ2n) is 16.2. The van der Waals surface area contributed by atoms with Crippen LogP contribution < -0.4 is 10.7 Å². The second-order valence-corrected chi connectivity index (χ2v) is 17.2. The van der Waals surface area contributed by atoms with E-state index in [0.29, 0.717) is 24.4 Å². The molecular weight excluding hydrogens is 719 g/mol. The third kappa shape index (κ3) is 7.37. The van der Waals surface area contributed by atoms with Gasteiger partial charge in [0.25, 0.3) is 5.91 Å². The maximum atomic E-state index is 14.3. The highest BCUT2D eigenvalue weighted by Gasteiger charge is 2.46. The third-order valence-electron chi connectivity index (χ3n) is 11.5. The van der Waals surface area contributed by atoms with Gasteiger partial charge in [-0.1, -0.05) is 19.9 Å². The molecule has 3 amide bonds. The predicted molar refractivity (Wildman–Crippen MR) is 212 cm³/mol. The van der Waals surface area contributed by atoms with Crippen molar-refractivity contribution in [2.75, 3.05) is 26.9 Å². The molecule has 2 fully saturated rings. The van der Waals surface area contributed by atoms with Crippen LogP contribution in [-0.4, -0.2) is 98.0 Å². The summed E-state index contributed by atoms with van der Waals surface area (Å²) in [5.41, 5.74) is 7.96. The number of thiazole rings is 1. The zero-order chi connectivity index (χ0) is 39.2. The number of carbonyl (C=O) groups is 3. The van der Waals surface area contributed by atoms with Crippen molar-refractivity contribution in [3.05, 3.63) is 58.2 Å².